The zero-order valence-corrected chi connectivity index (χ0v) is 20.8. The Kier molecular flexibility index (Phi) is 6.86. The third-order valence-electron chi connectivity index (χ3n) is 5.26. The van der Waals surface area contributed by atoms with Crippen molar-refractivity contribution in [1.82, 2.24) is 15.0 Å². The number of methoxy groups -OCH3 is 2. The number of thioether (sulfide) groups is 1. The molecule has 0 saturated carbocycles. The Morgan fingerprint density at radius 2 is 1.66 bits per heavy atom. The second-order valence-electron chi connectivity index (χ2n) is 7.57. The Morgan fingerprint density at radius 1 is 1.03 bits per heavy atom. The van der Waals surface area contributed by atoms with Crippen LogP contribution in [0.15, 0.2) is 23.5 Å². The quantitative estimate of drug-likeness (QED) is 0.347. The number of ether oxygens (including phenoxy) is 3. The van der Waals surface area contributed by atoms with Crippen LogP contribution in [-0.2, 0) is 4.74 Å². The second kappa shape index (κ2) is 9.47. The highest BCUT2D eigenvalue weighted by Gasteiger charge is 2.27. The molecule has 0 bridgehead atoms. The molecule has 1 aromatic carbocycles. The fourth-order valence-corrected chi connectivity index (χ4v) is 4.95. The third kappa shape index (κ3) is 4.29. The van der Waals surface area contributed by atoms with Gasteiger partial charge in [0.05, 0.1) is 42.2 Å². The molecular weight excluding hydrogens is 471 g/mol. The predicted octanol–water partition coefficient (Wildman–Crippen LogP) is 5.35. The van der Waals surface area contributed by atoms with Crippen LogP contribution in [0.4, 0.5) is 5.82 Å². The molecular formula is C22H24Cl2N4O3S. The molecule has 1 fully saturated rings. The number of benzene rings is 1. The van der Waals surface area contributed by atoms with Crippen LogP contribution in [0.25, 0.3) is 22.2 Å². The number of nitrogens with zero attached hydrogens (tertiary/aromatic N) is 4. The highest BCUT2D eigenvalue weighted by atomic mass is 35.5. The summed E-state index contributed by atoms with van der Waals surface area (Å²) in [5, 5.41) is 2.24. The maximum atomic E-state index is 6.69. The van der Waals surface area contributed by atoms with Crippen LogP contribution < -0.4 is 14.4 Å². The Balaban J connectivity index is 1.99. The molecule has 170 valence electrons. The summed E-state index contributed by atoms with van der Waals surface area (Å²) in [4.78, 5) is 16.4. The summed E-state index contributed by atoms with van der Waals surface area (Å²) in [6, 6.07) is 3.55. The van der Waals surface area contributed by atoms with E-state index in [1.807, 2.05) is 12.3 Å². The van der Waals surface area contributed by atoms with Crippen LogP contribution in [-0.4, -0.2) is 60.7 Å². The average Bonchev–Trinajstić information content (AvgIpc) is 2.78. The first-order valence-electron chi connectivity index (χ1n) is 10.1. The molecule has 1 saturated heterocycles. The lowest BCUT2D eigenvalue weighted by Gasteiger charge is -2.36. The summed E-state index contributed by atoms with van der Waals surface area (Å²) >= 11 is 14.9. The Bertz CT molecular complexity index is 1130. The van der Waals surface area contributed by atoms with Gasteiger partial charge in [0.2, 0.25) is 0 Å². The van der Waals surface area contributed by atoms with Crippen molar-refractivity contribution in [3.8, 4) is 22.8 Å². The van der Waals surface area contributed by atoms with Crippen molar-refractivity contribution >= 4 is 51.7 Å². The van der Waals surface area contributed by atoms with Gasteiger partial charge in [-0.1, -0.05) is 35.0 Å². The van der Waals surface area contributed by atoms with Crippen molar-refractivity contribution in [3.63, 3.8) is 0 Å². The zero-order chi connectivity index (χ0) is 23.0. The molecule has 0 radical (unpaired) electrons. The Hall–Kier alpha value is -2.00. The van der Waals surface area contributed by atoms with Gasteiger partial charge in [0.25, 0.3) is 0 Å². The van der Waals surface area contributed by atoms with Crippen LogP contribution in [0.3, 0.4) is 0 Å². The number of morpholine rings is 1. The summed E-state index contributed by atoms with van der Waals surface area (Å²) in [6.07, 6.45) is 3.87. The standard InChI is InChI=1S/C22H24Cl2N4O3S/c1-11-9-28(10-12(2)31-11)21-20-13(8-25-22(27-20)32-5)6-14(26-21)17-18(23)15(29-3)7-16(30-4)19(17)24/h6-8,11-12H,9-10H2,1-5H3. The van der Waals surface area contributed by atoms with Crippen molar-refractivity contribution in [2.24, 2.45) is 0 Å². The first kappa shape index (κ1) is 23.2. The van der Waals surface area contributed by atoms with Crippen LogP contribution in [0, 0.1) is 0 Å². The summed E-state index contributed by atoms with van der Waals surface area (Å²) in [6.45, 7) is 5.49. The van der Waals surface area contributed by atoms with E-state index in [1.165, 1.54) is 11.8 Å². The first-order valence-corrected chi connectivity index (χ1v) is 12.1. The molecule has 0 N–H and O–H groups in total. The van der Waals surface area contributed by atoms with E-state index in [1.54, 1.807) is 26.5 Å². The number of pyridine rings is 1. The molecule has 0 amide bonds. The van der Waals surface area contributed by atoms with Gasteiger partial charge in [0, 0.05) is 36.3 Å². The van der Waals surface area contributed by atoms with Gasteiger partial charge in [-0.25, -0.2) is 15.0 Å². The maximum Gasteiger partial charge on any atom is 0.187 e. The number of aromatic nitrogens is 3. The minimum Gasteiger partial charge on any atom is -0.495 e. The van der Waals surface area contributed by atoms with E-state index in [-0.39, 0.29) is 12.2 Å². The molecule has 0 aliphatic carbocycles. The van der Waals surface area contributed by atoms with Gasteiger partial charge in [0.1, 0.15) is 17.0 Å². The minimum absolute atomic E-state index is 0.0604. The van der Waals surface area contributed by atoms with E-state index in [4.69, 9.17) is 47.4 Å². The number of halogens is 2. The predicted molar refractivity (Wildman–Crippen MR) is 130 cm³/mol. The number of anilines is 1. The van der Waals surface area contributed by atoms with Crippen molar-refractivity contribution in [2.75, 3.05) is 38.5 Å². The molecule has 4 rings (SSSR count). The monoisotopic (exact) mass is 494 g/mol. The van der Waals surface area contributed by atoms with Crippen molar-refractivity contribution < 1.29 is 14.2 Å². The lowest BCUT2D eigenvalue weighted by Crippen LogP contribution is -2.46. The van der Waals surface area contributed by atoms with E-state index in [2.05, 4.69) is 23.7 Å². The molecule has 2 aromatic heterocycles. The number of fused-ring (bicyclic) bond motifs is 1. The van der Waals surface area contributed by atoms with Gasteiger partial charge in [-0.3, -0.25) is 0 Å². The second-order valence-corrected chi connectivity index (χ2v) is 9.10. The van der Waals surface area contributed by atoms with Crippen LogP contribution in [0.2, 0.25) is 10.0 Å². The van der Waals surface area contributed by atoms with Gasteiger partial charge in [-0.15, -0.1) is 0 Å². The summed E-state index contributed by atoms with van der Waals surface area (Å²) < 4.78 is 16.8. The zero-order valence-electron chi connectivity index (χ0n) is 18.5. The van der Waals surface area contributed by atoms with E-state index in [9.17, 15) is 0 Å². The lowest BCUT2D eigenvalue weighted by molar-refractivity contribution is -0.00537. The topological polar surface area (TPSA) is 69.6 Å². The molecule has 32 heavy (non-hydrogen) atoms. The minimum atomic E-state index is 0.0604. The third-order valence-corrected chi connectivity index (χ3v) is 6.57. The van der Waals surface area contributed by atoms with Crippen LogP contribution in [0.1, 0.15) is 13.8 Å². The van der Waals surface area contributed by atoms with Gasteiger partial charge in [-0.05, 0) is 26.2 Å². The van der Waals surface area contributed by atoms with Gasteiger partial charge < -0.3 is 19.1 Å². The summed E-state index contributed by atoms with van der Waals surface area (Å²) in [5.41, 5.74) is 1.90. The molecule has 1 aliphatic rings. The van der Waals surface area contributed by atoms with Gasteiger partial charge >= 0.3 is 0 Å². The van der Waals surface area contributed by atoms with Gasteiger partial charge in [-0.2, -0.15) is 0 Å². The highest BCUT2D eigenvalue weighted by molar-refractivity contribution is 7.98. The fourth-order valence-electron chi connectivity index (χ4n) is 3.91. The summed E-state index contributed by atoms with van der Waals surface area (Å²) in [5.74, 6) is 1.65. The Labute approximate surface area is 201 Å². The number of hydrogen-bond donors (Lipinski definition) is 0. The van der Waals surface area contributed by atoms with Gasteiger partial charge in [0.15, 0.2) is 11.0 Å². The molecule has 1 aliphatic heterocycles. The van der Waals surface area contributed by atoms with Crippen LogP contribution in [0.5, 0.6) is 11.5 Å². The summed E-state index contributed by atoms with van der Waals surface area (Å²) in [7, 11) is 3.09. The van der Waals surface area contributed by atoms with Crippen molar-refractivity contribution in [2.45, 2.75) is 31.2 Å². The average molecular weight is 495 g/mol. The highest BCUT2D eigenvalue weighted by Crippen LogP contribution is 2.46. The normalized spacial score (nSPS) is 18.8. The van der Waals surface area contributed by atoms with E-state index < -0.39 is 0 Å². The first-order chi connectivity index (χ1) is 15.4. The van der Waals surface area contributed by atoms with Crippen molar-refractivity contribution in [1.29, 1.82) is 0 Å². The largest absolute Gasteiger partial charge is 0.495 e. The smallest absolute Gasteiger partial charge is 0.187 e. The van der Waals surface area contributed by atoms with E-state index in [0.29, 0.717) is 51.0 Å². The fraction of sp³-hybridized carbons (Fsp3) is 0.409. The van der Waals surface area contributed by atoms with Crippen molar-refractivity contribution in [3.05, 3.63) is 28.4 Å². The number of hydrogen-bond acceptors (Lipinski definition) is 8. The molecule has 3 aromatic rings. The molecule has 10 heteroatoms. The SMILES string of the molecule is COc1cc(OC)c(Cl)c(-c2cc3cnc(SC)nc3c(N3CC(C)OC(C)C3)n2)c1Cl. The number of rotatable bonds is 5. The van der Waals surface area contributed by atoms with Crippen LogP contribution >= 0.6 is 35.0 Å². The molecule has 2 atom stereocenters. The maximum absolute atomic E-state index is 6.69. The molecule has 0 spiro atoms. The molecule has 2 unspecified atom stereocenters. The van der Waals surface area contributed by atoms with E-state index >= 15 is 0 Å². The Morgan fingerprint density at radius 3 is 2.22 bits per heavy atom. The molecule has 7 nitrogen and oxygen atoms in total. The lowest BCUT2D eigenvalue weighted by atomic mass is 10.1. The molecule has 3 heterocycles. The van der Waals surface area contributed by atoms with E-state index in [0.717, 1.165) is 16.7 Å².